The van der Waals surface area contributed by atoms with Crippen LogP contribution in [0.3, 0.4) is 0 Å². The van der Waals surface area contributed by atoms with Crippen molar-refractivity contribution in [2.24, 2.45) is 4.99 Å². The summed E-state index contributed by atoms with van der Waals surface area (Å²) in [7, 11) is 4.84. The molecule has 0 saturated carbocycles. The molecule has 2 N–H and O–H groups in total. The van der Waals surface area contributed by atoms with Crippen LogP contribution >= 0.6 is 24.0 Å². The maximum absolute atomic E-state index is 11.0. The van der Waals surface area contributed by atoms with Gasteiger partial charge in [-0.15, -0.1) is 24.0 Å². The largest absolute Gasteiger partial charge is 0.496 e. The Morgan fingerprint density at radius 1 is 1.12 bits per heavy atom. The predicted molar refractivity (Wildman–Crippen MR) is 107 cm³/mol. The first-order chi connectivity index (χ1) is 11.2. The molecule has 7 heteroatoms. The number of benzene rings is 1. The second-order valence-electron chi connectivity index (χ2n) is 5.02. The van der Waals surface area contributed by atoms with E-state index in [4.69, 9.17) is 4.74 Å². The zero-order valence-electron chi connectivity index (χ0n) is 14.6. The van der Waals surface area contributed by atoms with Crippen molar-refractivity contribution in [2.75, 3.05) is 34.4 Å². The van der Waals surface area contributed by atoms with Crippen LogP contribution in [-0.2, 0) is 16.0 Å². The number of unbranched alkanes of at least 4 members (excludes halogenated alkanes) is 1. The van der Waals surface area contributed by atoms with Crippen LogP contribution in [0.5, 0.6) is 5.75 Å². The molecule has 0 aliphatic rings. The number of rotatable bonds is 9. The number of guanidine groups is 1. The molecule has 0 aliphatic heterocycles. The van der Waals surface area contributed by atoms with Crippen molar-refractivity contribution in [1.82, 2.24) is 10.6 Å². The Labute approximate surface area is 161 Å². The fourth-order valence-corrected chi connectivity index (χ4v) is 2.15. The van der Waals surface area contributed by atoms with Gasteiger partial charge in [-0.1, -0.05) is 18.2 Å². The second-order valence-corrected chi connectivity index (χ2v) is 5.02. The SMILES string of the molecule is CN=C(NCCCCC(=O)OC)NCCc1ccccc1OC.I. The van der Waals surface area contributed by atoms with Crippen LogP contribution in [0.25, 0.3) is 0 Å². The number of para-hydroxylation sites is 1. The first kappa shape index (κ1) is 22.5. The second kappa shape index (κ2) is 13.9. The van der Waals surface area contributed by atoms with E-state index >= 15 is 0 Å². The van der Waals surface area contributed by atoms with Gasteiger partial charge in [0.25, 0.3) is 0 Å². The fraction of sp³-hybridized carbons (Fsp3) is 0.529. The van der Waals surface area contributed by atoms with E-state index in [9.17, 15) is 4.79 Å². The van der Waals surface area contributed by atoms with E-state index < -0.39 is 0 Å². The van der Waals surface area contributed by atoms with E-state index in [-0.39, 0.29) is 29.9 Å². The highest BCUT2D eigenvalue weighted by Gasteiger charge is 2.03. The molecule has 1 rings (SSSR count). The molecule has 1 aromatic rings. The molecule has 0 heterocycles. The molecule has 24 heavy (non-hydrogen) atoms. The Bertz CT molecular complexity index is 510. The monoisotopic (exact) mass is 449 g/mol. The molecule has 0 fully saturated rings. The molecule has 6 nitrogen and oxygen atoms in total. The Hall–Kier alpha value is -1.51. The van der Waals surface area contributed by atoms with Gasteiger partial charge < -0.3 is 20.1 Å². The van der Waals surface area contributed by atoms with Crippen LogP contribution in [-0.4, -0.2) is 46.3 Å². The van der Waals surface area contributed by atoms with Crippen molar-refractivity contribution in [3.63, 3.8) is 0 Å². The van der Waals surface area contributed by atoms with Gasteiger partial charge in [0.15, 0.2) is 5.96 Å². The van der Waals surface area contributed by atoms with E-state index in [1.807, 2.05) is 18.2 Å². The minimum Gasteiger partial charge on any atom is -0.496 e. The van der Waals surface area contributed by atoms with Crippen LogP contribution in [0.2, 0.25) is 0 Å². The van der Waals surface area contributed by atoms with E-state index in [1.165, 1.54) is 7.11 Å². The summed E-state index contributed by atoms with van der Waals surface area (Å²) in [6.45, 7) is 1.54. The molecular weight excluding hydrogens is 421 g/mol. The third-order valence-electron chi connectivity index (χ3n) is 3.43. The number of methoxy groups -OCH3 is 2. The van der Waals surface area contributed by atoms with Crippen LogP contribution in [0.4, 0.5) is 0 Å². The van der Waals surface area contributed by atoms with Crippen molar-refractivity contribution < 1.29 is 14.3 Å². The Morgan fingerprint density at radius 3 is 2.50 bits per heavy atom. The van der Waals surface area contributed by atoms with E-state index in [1.54, 1.807) is 14.2 Å². The van der Waals surface area contributed by atoms with Gasteiger partial charge in [0.05, 0.1) is 14.2 Å². The molecular formula is C17H28IN3O3. The smallest absolute Gasteiger partial charge is 0.305 e. The number of carbonyl (C=O) groups is 1. The molecule has 0 saturated heterocycles. The van der Waals surface area contributed by atoms with Crippen molar-refractivity contribution >= 4 is 35.9 Å². The highest BCUT2D eigenvalue weighted by atomic mass is 127. The summed E-state index contributed by atoms with van der Waals surface area (Å²) >= 11 is 0. The van der Waals surface area contributed by atoms with Gasteiger partial charge in [0, 0.05) is 26.6 Å². The Kier molecular flexibility index (Phi) is 13.0. The topological polar surface area (TPSA) is 72.0 Å². The maximum Gasteiger partial charge on any atom is 0.305 e. The van der Waals surface area contributed by atoms with E-state index in [2.05, 4.69) is 26.4 Å². The van der Waals surface area contributed by atoms with Crippen molar-refractivity contribution in [2.45, 2.75) is 25.7 Å². The highest BCUT2D eigenvalue weighted by Crippen LogP contribution is 2.17. The average molecular weight is 449 g/mol. The number of aliphatic imine (C=N–C) groups is 1. The normalized spacial score (nSPS) is 10.5. The number of nitrogens with zero attached hydrogens (tertiary/aromatic N) is 1. The zero-order valence-corrected chi connectivity index (χ0v) is 17.0. The summed E-state index contributed by atoms with van der Waals surface area (Å²) in [4.78, 5) is 15.2. The number of ether oxygens (including phenoxy) is 2. The standard InChI is InChI=1S/C17H27N3O3.HI/c1-18-17(19-12-7-6-10-16(21)23-3)20-13-11-14-8-4-5-9-15(14)22-2;/h4-5,8-9H,6-7,10-13H2,1-3H3,(H2,18,19,20);1H. The molecule has 0 spiro atoms. The van der Waals surface area contributed by atoms with Crippen LogP contribution in [0.1, 0.15) is 24.8 Å². The quantitative estimate of drug-likeness (QED) is 0.199. The fourth-order valence-electron chi connectivity index (χ4n) is 2.15. The van der Waals surface area contributed by atoms with Gasteiger partial charge >= 0.3 is 5.97 Å². The lowest BCUT2D eigenvalue weighted by Gasteiger charge is -2.13. The summed E-state index contributed by atoms with van der Waals surface area (Å²) in [6.07, 6.45) is 3.01. The number of carbonyl (C=O) groups excluding carboxylic acids is 1. The molecule has 0 atom stereocenters. The first-order valence-electron chi connectivity index (χ1n) is 7.84. The first-order valence-corrected chi connectivity index (χ1v) is 7.84. The van der Waals surface area contributed by atoms with Crippen molar-refractivity contribution in [3.8, 4) is 5.75 Å². The van der Waals surface area contributed by atoms with E-state index in [0.717, 1.165) is 49.6 Å². The van der Waals surface area contributed by atoms with Gasteiger partial charge in [0.2, 0.25) is 0 Å². The van der Waals surface area contributed by atoms with Gasteiger partial charge in [0.1, 0.15) is 5.75 Å². The van der Waals surface area contributed by atoms with Crippen LogP contribution in [0, 0.1) is 0 Å². The number of esters is 1. The predicted octanol–water partition coefficient (Wildman–Crippen LogP) is 2.36. The summed E-state index contributed by atoms with van der Waals surface area (Å²) in [5.74, 6) is 1.50. The maximum atomic E-state index is 11.0. The third kappa shape index (κ3) is 8.95. The molecule has 0 radical (unpaired) electrons. The number of halogens is 1. The molecule has 0 unspecified atom stereocenters. The molecule has 0 bridgehead atoms. The minimum absolute atomic E-state index is 0. The van der Waals surface area contributed by atoms with Crippen molar-refractivity contribution in [1.29, 1.82) is 0 Å². The van der Waals surface area contributed by atoms with Gasteiger partial charge in [-0.05, 0) is 30.9 Å². The Morgan fingerprint density at radius 2 is 1.83 bits per heavy atom. The number of nitrogens with one attached hydrogen (secondary N) is 2. The molecule has 0 aromatic heterocycles. The van der Waals surface area contributed by atoms with E-state index in [0.29, 0.717) is 6.42 Å². The summed E-state index contributed by atoms with van der Waals surface area (Å²) in [6, 6.07) is 7.99. The molecule has 0 aliphatic carbocycles. The number of hydrogen-bond acceptors (Lipinski definition) is 4. The van der Waals surface area contributed by atoms with Crippen LogP contribution in [0.15, 0.2) is 29.3 Å². The zero-order chi connectivity index (χ0) is 16.9. The molecule has 1 aromatic carbocycles. The summed E-state index contributed by atoms with van der Waals surface area (Å²) < 4.78 is 9.95. The highest BCUT2D eigenvalue weighted by molar-refractivity contribution is 14.0. The number of hydrogen-bond donors (Lipinski definition) is 2. The summed E-state index contributed by atoms with van der Waals surface area (Å²) in [5.41, 5.74) is 1.16. The lowest BCUT2D eigenvalue weighted by atomic mass is 10.1. The van der Waals surface area contributed by atoms with Crippen molar-refractivity contribution in [3.05, 3.63) is 29.8 Å². The van der Waals surface area contributed by atoms with Gasteiger partial charge in [-0.3, -0.25) is 9.79 Å². The Balaban J connectivity index is 0.00000529. The lowest BCUT2D eigenvalue weighted by molar-refractivity contribution is -0.140. The molecule has 0 amide bonds. The lowest BCUT2D eigenvalue weighted by Crippen LogP contribution is -2.38. The van der Waals surface area contributed by atoms with Crippen LogP contribution < -0.4 is 15.4 Å². The average Bonchev–Trinajstić information content (AvgIpc) is 2.59. The minimum atomic E-state index is -0.163. The third-order valence-corrected chi connectivity index (χ3v) is 3.43. The van der Waals surface area contributed by atoms with Gasteiger partial charge in [-0.2, -0.15) is 0 Å². The molecule has 136 valence electrons. The van der Waals surface area contributed by atoms with Gasteiger partial charge in [-0.25, -0.2) is 0 Å². The summed E-state index contributed by atoms with van der Waals surface area (Å²) in [5, 5.41) is 6.50.